The molecule has 0 bridgehead atoms. The molecule has 2 rings (SSSR count). The van der Waals surface area contributed by atoms with Crippen LogP contribution in [0.2, 0.25) is 0 Å². The third kappa shape index (κ3) is 4.72. The second-order valence-corrected chi connectivity index (χ2v) is 6.25. The van der Waals surface area contributed by atoms with Gasteiger partial charge in [0.15, 0.2) is 5.76 Å². The van der Waals surface area contributed by atoms with E-state index in [2.05, 4.69) is 5.32 Å². The molecule has 134 valence electrons. The molecule has 1 aromatic heterocycles. The van der Waals surface area contributed by atoms with Crippen molar-refractivity contribution in [2.75, 3.05) is 18.4 Å². The lowest BCUT2D eigenvalue weighted by atomic mass is 10.0. The van der Waals surface area contributed by atoms with Gasteiger partial charge < -0.3 is 14.6 Å². The van der Waals surface area contributed by atoms with Gasteiger partial charge in [-0.1, -0.05) is 26.0 Å². The highest BCUT2D eigenvalue weighted by molar-refractivity contribution is 6.03. The van der Waals surface area contributed by atoms with E-state index in [0.717, 1.165) is 11.1 Å². The Balaban J connectivity index is 2.01. The van der Waals surface area contributed by atoms with Gasteiger partial charge in [0, 0.05) is 24.3 Å². The first-order chi connectivity index (χ1) is 12.0. The van der Waals surface area contributed by atoms with Crippen LogP contribution >= 0.6 is 0 Å². The van der Waals surface area contributed by atoms with E-state index in [1.807, 2.05) is 45.9 Å². The van der Waals surface area contributed by atoms with Gasteiger partial charge in [0.1, 0.15) is 0 Å². The Hall–Kier alpha value is -2.56. The van der Waals surface area contributed by atoms with Gasteiger partial charge >= 0.3 is 0 Å². The Morgan fingerprint density at radius 2 is 1.72 bits per heavy atom. The van der Waals surface area contributed by atoms with Crippen LogP contribution in [0.1, 0.15) is 55.3 Å². The van der Waals surface area contributed by atoms with Gasteiger partial charge in [-0.15, -0.1) is 0 Å². The molecule has 0 saturated carbocycles. The van der Waals surface area contributed by atoms with E-state index in [1.165, 1.54) is 6.26 Å². The fraction of sp³-hybridized carbons (Fsp3) is 0.400. The van der Waals surface area contributed by atoms with Gasteiger partial charge in [0.25, 0.3) is 5.91 Å². The SMILES string of the molecule is CCN(CC)C(=O)Cc1ccc(NC(=O)c2occc2C(C)C)cc1. The Labute approximate surface area is 149 Å². The lowest BCUT2D eigenvalue weighted by Gasteiger charge is -2.18. The van der Waals surface area contributed by atoms with Crippen molar-refractivity contribution in [2.45, 2.75) is 40.0 Å². The molecule has 0 unspecified atom stereocenters. The number of amides is 2. The topological polar surface area (TPSA) is 62.6 Å². The van der Waals surface area contributed by atoms with E-state index in [-0.39, 0.29) is 17.7 Å². The molecule has 0 fully saturated rings. The Morgan fingerprint density at radius 1 is 1.08 bits per heavy atom. The monoisotopic (exact) mass is 342 g/mol. The van der Waals surface area contributed by atoms with Gasteiger partial charge in [-0.05, 0) is 43.5 Å². The summed E-state index contributed by atoms with van der Waals surface area (Å²) in [5, 5.41) is 2.84. The van der Waals surface area contributed by atoms with Gasteiger partial charge in [-0.3, -0.25) is 9.59 Å². The van der Waals surface area contributed by atoms with Crippen LogP contribution < -0.4 is 5.32 Å². The zero-order chi connectivity index (χ0) is 18.4. The molecule has 0 saturated heterocycles. The third-order valence-electron chi connectivity index (χ3n) is 4.21. The summed E-state index contributed by atoms with van der Waals surface area (Å²) in [5.41, 5.74) is 2.49. The zero-order valence-electron chi connectivity index (χ0n) is 15.3. The molecule has 0 aliphatic rings. The molecule has 2 amide bonds. The molecule has 5 heteroatoms. The van der Waals surface area contributed by atoms with Gasteiger partial charge in [-0.25, -0.2) is 0 Å². The second-order valence-electron chi connectivity index (χ2n) is 6.25. The van der Waals surface area contributed by atoms with Crippen molar-refractivity contribution in [3.8, 4) is 0 Å². The second kappa shape index (κ2) is 8.51. The summed E-state index contributed by atoms with van der Waals surface area (Å²) in [6.07, 6.45) is 1.90. The predicted molar refractivity (Wildman–Crippen MR) is 98.8 cm³/mol. The van der Waals surface area contributed by atoms with Gasteiger partial charge in [0.2, 0.25) is 5.91 Å². The number of carbonyl (C=O) groups is 2. The highest BCUT2D eigenvalue weighted by Crippen LogP contribution is 2.22. The minimum Gasteiger partial charge on any atom is -0.459 e. The summed E-state index contributed by atoms with van der Waals surface area (Å²) in [6.45, 7) is 9.41. The molecule has 1 heterocycles. The maximum absolute atomic E-state index is 12.4. The largest absolute Gasteiger partial charge is 0.459 e. The molecule has 25 heavy (non-hydrogen) atoms. The van der Waals surface area contributed by atoms with Crippen molar-refractivity contribution >= 4 is 17.5 Å². The maximum Gasteiger partial charge on any atom is 0.291 e. The van der Waals surface area contributed by atoms with Crippen LogP contribution in [0, 0.1) is 0 Å². The van der Waals surface area contributed by atoms with Crippen molar-refractivity contribution in [1.29, 1.82) is 0 Å². The molecule has 1 aromatic carbocycles. The average molecular weight is 342 g/mol. The summed E-state index contributed by atoms with van der Waals surface area (Å²) in [5.74, 6) is 0.406. The van der Waals surface area contributed by atoms with Crippen LogP contribution in [0.5, 0.6) is 0 Å². The lowest BCUT2D eigenvalue weighted by Crippen LogP contribution is -2.31. The standard InChI is InChI=1S/C20H26N2O3/c1-5-22(6-2)18(23)13-15-7-9-16(10-8-15)21-20(24)19-17(14(3)4)11-12-25-19/h7-12,14H,5-6,13H2,1-4H3,(H,21,24). The number of anilines is 1. The normalized spacial score (nSPS) is 10.8. The molecular formula is C20H26N2O3. The summed E-state index contributed by atoms with van der Waals surface area (Å²) in [6, 6.07) is 9.16. The van der Waals surface area contributed by atoms with Crippen molar-refractivity contribution in [3.05, 3.63) is 53.5 Å². The number of benzene rings is 1. The average Bonchev–Trinajstić information content (AvgIpc) is 3.08. The molecule has 0 atom stereocenters. The Morgan fingerprint density at radius 3 is 2.28 bits per heavy atom. The fourth-order valence-corrected chi connectivity index (χ4v) is 2.71. The van der Waals surface area contributed by atoms with Gasteiger partial charge in [0.05, 0.1) is 12.7 Å². The van der Waals surface area contributed by atoms with Gasteiger partial charge in [-0.2, -0.15) is 0 Å². The van der Waals surface area contributed by atoms with Crippen LogP contribution in [0.25, 0.3) is 0 Å². The minimum absolute atomic E-state index is 0.110. The third-order valence-corrected chi connectivity index (χ3v) is 4.21. The molecule has 0 aliphatic heterocycles. The summed E-state index contributed by atoms with van der Waals surface area (Å²) < 4.78 is 5.33. The quantitative estimate of drug-likeness (QED) is 0.825. The number of hydrogen-bond acceptors (Lipinski definition) is 3. The van der Waals surface area contributed by atoms with E-state index >= 15 is 0 Å². The number of rotatable bonds is 7. The summed E-state index contributed by atoms with van der Waals surface area (Å²) in [7, 11) is 0. The van der Waals surface area contributed by atoms with Crippen LogP contribution in [0.3, 0.4) is 0 Å². The van der Waals surface area contributed by atoms with E-state index in [1.54, 1.807) is 17.0 Å². The number of furan rings is 1. The number of likely N-dealkylation sites (N-methyl/N-ethyl adjacent to an activating group) is 1. The number of nitrogens with one attached hydrogen (secondary N) is 1. The van der Waals surface area contributed by atoms with Crippen molar-refractivity contribution in [2.24, 2.45) is 0 Å². The van der Waals surface area contributed by atoms with Crippen LogP contribution in [0.15, 0.2) is 41.0 Å². The molecule has 0 radical (unpaired) electrons. The van der Waals surface area contributed by atoms with Crippen LogP contribution in [-0.2, 0) is 11.2 Å². The van der Waals surface area contributed by atoms with E-state index in [0.29, 0.717) is 31.0 Å². The summed E-state index contributed by atoms with van der Waals surface area (Å²) in [4.78, 5) is 26.3. The van der Waals surface area contributed by atoms with Crippen molar-refractivity contribution < 1.29 is 14.0 Å². The first kappa shape index (κ1) is 18.8. The molecular weight excluding hydrogens is 316 g/mol. The highest BCUT2D eigenvalue weighted by Gasteiger charge is 2.17. The predicted octanol–water partition coefficient (Wildman–Crippen LogP) is 4.07. The highest BCUT2D eigenvalue weighted by atomic mass is 16.3. The molecule has 2 aromatic rings. The zero-order valence-corrected chi connectivity index (χ0v) is 15.3. The number of nitrogens with zero attached hydrogens (tertiary/aromatic N) is 1. The molecule has 0 aliphatic carbocycles. The van der Waals surface area contributed by atoms with Crippen LogP contribution in [0.4, 0.5) is 5.69 Å². The van der Waals surface area contributed by atoms with Crippen molar-refractivity contribution in [1.82, 2.24) is 4.90 Å². The lowest BCUT2D eigenvalue weighted by molar-refractivity contribution is -0.130. The molecule has 1 N–H and O–H groups in total. The van der Waals surface area contributed by atoms with Crippen molar-refractivity contribution in [3.63, 3.8) is 0 Å². The van der Waals surface area contributed by atoms with E-state index < -0.39 is 0 Å². The summed E-state index contributed by atoms with van der Waals surface area (Å²) >= 11 is 0. The first-order valence-electron chi connectivity index (χ1n) is 8.71. The Bertz CT molecular complexity index is 713. The Kier molecular flexibility index (Phi) is 6.39. The maximum atomic E-state index is 12.4. The number of hydrogen-bond donors (Lipinski definition) is 1. The number of carbonyl (C=O) groups excluding carboxylic acids is 2. The molecule has 5 nitrogen and oxygen atoms in total. The molecule has 0 spiro atoms. The van der Waals surface area contributed by atoms with E-state index in [4.69, 9.17) is 4.42 Å². The van der Waals surface area contributed by atoms with Crippen LogP contribution in [-0.4, -0.2) is 29.8 Å². The van der Waals surface area contributed by atoms with E-state index in [9.17, 15) is 9.59 Å². The smallest absolute Gasteiger partial charge is 0.291 e. The first-order valence-corrected chi connectivity index (χ1v) is 8.71. The minimum atomic E-state index is -0.263. The fourth-order valence-electron chi connectivity index (χ4n) is 2.71.